The van der Waals surface area contributed by atoms with Crippen LogP contribution in [0.25, 0.3) is 0 Å². The third kappa shape index (κ3) is 14.7. The number of thioether (sulfide) groups is 2. The van der Waals surface area contributed by atoms with Crippen LogP contribution >= 0.6 is 35.7 Å². The zero-order chi connectivity index (χ0) is 14.2. The summed E-state index contributed by atoms with van der Waals surface area (Å²) in [5.41, 5.74) is 0. The van der Waals surface area contributed by atoms with E-state index in [1.165, 1.54) is 23.5 Å². The molecule has 0 aliphatic heterocycles. The largest absolute Gasteiger partial charge is 0.748 e. The summed E-state index contributed by atoms with van der Waals surface area (Å²) < 4.78 is 62.3. The summed E-state index contributed by atoms with van der Waals surface area (Å²) in [5, 5.41) is 0. The van der Waals surface area contributed by atoms with Gasteiger partial charge in [0.05, 0.1) is 20.2 Å². The average Bonchev–Trinajstić information content (AvgIpc) is 2.17. The minimum absolute atomic E-state index is 0.228. The minimum atomic E-state index is -4.17. The van der Waals surface area contributed by atoms with Gasteiger partial charge in [-0.05, 0) is 12.8 Å². The molecular formula is C7H12O6S5-2. The number of rotatable bonds is 8. The Morgan fingerprint density at radius 2 is 1.22 bits per heavy atom. The van der Waals surface area contributed by atoms with E-state index in [1.54, 1.807) is 0 Å². The summed E-state index contributed by atoms with van der Waals surface area (Å²) in [6.07, 6.45) is 0.457. The Balaban J connectivity index is 3.55. The van der Waals surface area contributed by atoms with Gasteiger partial charge in [-0.2, -0.15) is 0 Å². The molecule has 0 N–H and O–H groups in total. The second kappa shape index (κ2) is 8.72. The van der Waals surface area contributed by atoms with E-state index >= 15 is 0 Å². The molecule has 0 saturated carbocycles. The van der Waals surface area contributed by atoms with Crippen molar-refractivity contribution in [1.82, 2.24) is 0 Å². The van der Waals surface area contributed by atoms with Crippen LogP contribution < -0.4 is 0 Å². The van der Waals surface area contributed by atoms with Crippen LogP contribution in [0.2, 0.25) is 0 Å². The molecule has 0 bridgehead atoms. The fraction of sp³-hybridized carbons (Fsp3) is 0.857. The fourth-order valence-electron chi connectivity index (χ4n) is 0.824. The molecule has 0 aliphatic carbocycles. The van der Waals surface area contributed by atoms with Crippen molar-refractivity contribution in [2.24, 2.45) is 0 Å². The summed E-state index contributed by atoms with van der Waals surface area (Å²) in [6.45, 7) is 0. The van der Waals surface area contributed by atoms with Crippen molar-refractivity contribution in [1.29, 1.82) is 0 Å². The standard InChI is InChI=1S/C7H14O6S5/c8-17(9,10)5-1-3-15-7(14)16-4-2-6-18(11,12)13/h1-6H2,(H,8,9,10)(H,11,12,13)/p-2. The van der Waals surface area contributed by atoms with Crippen molar-refractivity contribution in [2.75, 3.05) is 23.0 Å². The molecule has 0 saturated heterocycles. The molecule has 0 amide bonds. The fourth-order valence-corrected chi connectivity index (χ4v) is 4.43. The Labute approximate surface area is 121 Å². The molecule has 108 valence electrons. The lowest BCUT2D eigenvalue weighted by molar-refractivity contribution is 0.460. The Kier molecular flexibility index (Phi) is 9.01. The number of hydrogen-bond donors (Lipinski definition) is 0. The van der Waals surface area contributed by atoms with Gasteiger partial charge in [-0.15, -0.1) is 23.5 Å². The highest BCUT2D eigenvalue weighted by atomic mass is 32.2. The third-order valence-corrected chi connectivity index (χ3v) is 5.97. The summed E-state index contributed by atoms with van der Waals surface area (Å²) in [5.74, 6) is 0.0176. The topological polar surface area (TPSA) is 114 Å². The first-order valence-corrected chi connectivity index (χ1v) is 10.3. The quantitative estimate of drug-likeness (QED) is 0.352. The summed E-state index contributed by atoms with van der Waals surface area (Å²) in [7, 11) is -8.35. The highest BCUT2D eigenvalue weighted by molar-refractivity contribution is 8.47. The molecule has 0 heterocycles. The monoisotopic (exact) mass is 352 g/mol. The van der Waals surface area contributed by atoms with E-state index in [4.69, 9.17) is 12.2 Å². The molecule has 0 rings (SSSR count). The second-order valence-corrected chi connectivity index (χ2v) is 9.62. The van der Waals surface area contributed by atoms with Crippen LogP contribution in [-0.4, -0.2) is 52.5 Å². The first kappa shape index (κ1) is 18.6. The predicted molar refractivity (Wildman–Crippen MR) is 75.9 cm³/mol. The van der Waals surface area contributed by atoms with Crippen LogP contribution in [0.1, 0.15) is 12.8 Å². The number of thiocarbonyl (C=S) groups is 1. The first-order chi connectivity index (χ1) is 8.10. The van der Waals surface area contributed by atoms with Crippen molar-refractivity contribution in [3.63, 3.8) is 0 Å². The molecule has 0 aliphatic rings. The molecule has 0 fully saturated rings. The number of hydrogen-bond acceptors (Lipinski definition) is 9. The Morgan fingerprint density at radius 3 is 1.50 bits per heavy atom. The summed E-state index contributed by atoms with van der Waals surface area (Å²) >= 11 is 7.42. The van der Waals surface area contributed by atoms with E-state index in [2.05, 4.69) is 0 Å². The normalized spacial score (nSPS) is 12.6. The van der Waals surface area contributed by atoms with Crippen molar-refractivity contribution < 1.29 is 25.9 Å². The lowest BCUT2D eigenvalue weighted by Gasteiger charge is -2.07. The van der Waals surface area contributed by atoms with Gasteiger partial charge in [0.25, 0.3) is 0 Å². The second-order valence-electron chi connectivity index (χ2n) is 3.18. The zero-order valence-electron chi connectivity index (χ0n) is 9.23. The molecular weight excluding hydrogens is 340 g/mol. The van der Waals surface area contributed by atoms with E-state index < -0.39 is 31.7 Å². The molecule has 0 aromatic heterocycles. The lowest BCUT2D eigenvalue weighted by atomic mass is 10.6. The van der Waals surface area contributed by atoms with E-state index in [-0.39, 0.29) is 12.8 Å². The van der Waals surface area contributed by atoms with Gasteiger partial charge in [0.2, 0.25) is 0 Å². The minimum Gasteiger partial charge on any atom is -0.748 e. The van der Waals surface area contributed by atoms with Gasteiger partial charge >= 0.3 is 0 Å². The summed E-state index contributed by atoms with van der Waals surface area (Å²) in [4.78, 5) is 0. The molecule has 0 radical (unpaired) electrons. The highest BCUT2D eigenvalue weighted by Gasteiger charge is 2.02. The van der Waals surface area contributed by atoms with Gasteiger partial charge in [-0.25, -0.2) is 16.8 Å². The van der Waals surface area contributed by atoms with Crippen LogP contribution in [0, 0.1) is 0 Å². The maximum Gasteiger partial charge on any atom is 0.104 e. The molecule has 0 atom stereocenters. The molecule has 0 spiro atoms. The van der Waals surface area contributed by atoms with E-state index in [9.17, 15) is 25.9 Å². The van der Waals surface area contributed by atoms with Gasteiger partial charge in [-0.1, -0.05) is 12.2 Å². The Morgan fingerprint density at radius 1 is 0.889 bits per heavy atom. The van der Waals surface area contributed by atoms with Crippen molar-refractivity contribution in [2.45, 2.75) is 12.8 Å². The lowest BCUT2D eigenvalue weighted by Crippen LogP contribution is -2.06. The maximum atomic E-state index is 10.3. The van der Waals surface area contributed by atoms with Gasteiger partial charge in [-0.3, -0.25) is 0 Å². The molecule has 18 heavy (non-hydrogen) atoms. The average molecular weight is 353 g/mol. The van der Waals surface area contributed by atoms with E-state index in [0.29, 0.717) is 15.0 Å². The van der Waals surface area contributed by atoms with E-state index in [0.717, 1.165) is 0 Å². The smallest absolute Gasteiger partial charge is 0.104 e. The molecule has 6 nitrogen and oxygen atoms in total. The van der Waals surface area contributed by atoms with Gasteiger partial charge in [0.1, 0.15) is 3.53 Å². The van der Waals surface area contributed by atoms with Crippen LogP contribution in [-0.2, 0) is 20.2 Å². The van der Waals surface area contributed by atoms with Crippen LogP contribution in [0.3, 0.4) is 0 Å². The highest BCUT2D eigenvalue weighted by Crippen LogP contribution is 2.19. The molecule has 0 aromatic rings. The van der Waals surface area contributed by atoms with Crippen molar-refractivity contribution >= 4 is 59.5 Å². The van der Waals surface area contributed by atoms with Crippen LogP contribution in [0.15, 0.2) is 0 Å². The van der Waals surface area contributed by atoms with Crippen molar-refractivity contribution in [3.8, 4) is 0 Å². The summed E-state index contributed by atoms with van der Waals surface area (Å²) in [6, 6.07) is 0. The Bertz CT molecular complexity index is 411. The van der Waals surface area contributed by atoms with Crippen molar-refractivity contribution in [3.05, 3.63) is 0 Å². The Hall–Kier alpha value is 0.610. The predicted octanol–water partition coefficient (Wildman–Crippen LogP) is 0.608. The van der Waals surface area contributed by atoms with E-state index in [1.807, 2.05) is 0 Å². The van der Waals surface area contributed by atoms with Gasteiger partial charge < -0.3 is 9.11 Å². The van der Waals surface area contributed by atoms with Gasteiger partial charge in [0.15, 0.2) is 0 Å². The molecule has 11 heteroatoms. The molecule has 0 aromatic carbocycles. The van der Waals surface area contributed by atoms with Crippen LogP contribution in [0.4, 0.5) is 0 Å². The van der Waals surface area contributed by atoms with Gasteiger partial charge in [0, 0.05) is 23.0 Å². The van der Waals surface area contributed by atoms with Crippen LogP contribution in [0.5, 0.6) is 0 Å². The zero-order valence-corrected chi connectivity index (χ0v) is 13.3. The third-order valence-electron chi connectivity index (χ3n) is 1.52. The first-order valence-electron chi connectivity index (χ1n) is 4.77. The maximum absolute atomic E-state index is 10.3. The SMILES string of the molecule is O=S(=O)([O-])CCCSC(=S)SCCCS(=O)(=O)[O-]. The molecule has 0 unspecified atom stereocenters.